The number of unbranched alkanes of at least 4 members (excludes halogenated alkanes) is 11. The number of rotatable bonds is 18. The minimum Gasteiger partial charge on any atom is -0.373 e. The molecule has 0 bridgehead atoms. The van der Waals surface area contributed by atoms with Crippen molar-refractivity contribution in [2.24, 2.45) is 5.92 Å². The third-order valence-electron chi connectivity index (χ3n) is 6.13. The lowest BCUT2D eigenvalue weighted by atomic mass is 10.0. The molecule has 0 aromatic heterocycles. The van der Waals surface area contributed by atoms with E-state index in [9.17, 15) is 4.79 Å². The van der Waals surface area contributed by atoms with Gasteiger partial charge in [-0.15, -0.1) is 0 Å². The molecular weight excluding hydrogens is 360 g/mol. The average Bonchev–Trinajstić information content (AvgIpc) is 2.72. The topological polar surface area (TPSA) is 50.4 Å². The third-order valence-corrected chi connectivity index (χ3v) is 6.13. The van der Waals surface area contributed by atoms with Gasteiger partial charge < -0.3 is 15.4 Å². The van der Waals surface area contributed by atoms with Crippen molar-refractivity contribution >= 4 is 5.91 Å². The molecule has 172 valence electrons. The molecule has 0 unspecified atom stereocenters. The summed E-state index contributed by atoms with van der Waals surface area (Å²) < 4.78 is 5.79. The molecule has 0 radical (unpaired) electrons. The number of nitrogens with one attached hydrogen (secondary N) is 2. The van der Waals surface area contributed by atoms with Crippen LogP contribution in [0, 0.1) is 5.92 Å². The predicted molar refractivity (Wildman–Crippen MR) is 124 cm³/mol. The Hall–Kier alpha value is -0.610. The van der Waals surface area contributed by atoms with Gasteiger partial charge in [-0.25, -0.2) is 0 Å². The summed E-state index contributed by atoms with van der Waals surface area (Å²) in [5.74, 6) is 1.06. The van der Waals surface area contributed by atoms with Crippen LogP contribution in [0.5, 0.6) is 0 Å². The highest BCUT2D eigenvalue weighted by molar-refractivity contribution is 5.76. The lowest BCUT2D eigenvalue weighted by Crippen LogP contribution is -2.51. The summed E-state index contributed by atoms with van der Waals surface area (Å²) >= 11 is 0. The van der Waals surface area contributed by atoms with Crippen LogP contribution >= 0.6 is 0 Å². The second-order valence-corrected chi connectivity index (χ2v) is 9.37. The molecule has 1 heterocycles. The van der Waals surface area contributed by atoms with Crippen LogP contribution in [0.2, 0.25) is 0 Å². The van der Waals surface area contributed by atoms with E-state index in [0.29, 0.717) is 6.42 Å². The van der Waals surface area contributed by atoms with Gasteiger partial charge in [0.1, 0.15) is 0 Å². The smallest absolute Gasteiger partial charge is 0.220 e. The van der Waals surface area contributed by atoms with Crippen molar-refractivity contribution in [3.63, 3.8) is 0 Å². The van der Waals surface area contributed by atoms with Gasteiger partial charge in [0.25, 0.3) is 0 Å². The van der Waals surface area contributed by atoms with Gasteiger partial charge in [0.2, 0.25) is 5.91 Å². The first-order valence-corrected chi connectivity index (χ1v) is 12.7. The van der Waals surface area contributed by atoms with Gasteiger partial charge in [-0.1, -0.05) is 97.8 Å². The normalized spacial score (nSPS) is 18.1. The molecule has 1 fully saturated rings. The molecule has 0 aromatic rings. The largest absolute Gasteiger partial charge is 0.373 e. The molecule has 2 atom stereocenters. The summed E-state index contributed by atoms with van der Waals surface area (Å²) in [6, 6.07) is 0.144. The maximum absolute atomic E-state index is 12.2. The molecule has 0 aliphatic carbocycles. The van der Waals surface area contributed by atoms with Crippen molar-refractivity contribution in [2.45, 2.75) is 129 Å². The number of ether oxygens (including phenoxy) is 1. The summed E-state index contributed by atoms with van der Waals surface area (Å²) in [6.07, 6.45) is 19.2. The number of morpholine rings is 1. The van der Waals surface area contributed by atoms with Gasteiger partial charge in [-0.05, 0) is 18.8 Å². The number of carbonyl (C=O) groups is 1. The van der Waals surface area contributed by atoms with Gasteiger partial charge in [-0.2, -0.15) is 0 Å². The van der Waals surface area contributed by atoms with E-state index in [0.717, 1.165) is 38.5 Å². The monoisotopic (exact) mass is 410 g/mol. The Balaban J connectivity index is 1.85. The Kier molecular flexibility index (Phi) is 16.6. The molecule has 1 amide bonds. The van der Waals surface area contributed by atoms with Gasteiger partial charge in [0.05, 0.1) is 18.8 Å². The van der Waals surface area contributed by atoms with Crippen molar-refractivity contribution < 1.29 is 9.53 Å². The maximum atomic E-state index is 12.2. The number of carbonyl (C=O) groups excluding carboxylic acids is 1. The Morgan fingerprint density at radius 1 is 0.931 bits per heavy atom. The van der Waals surface area contributed by atoms with Crippen LogP contribution in [0.25, 0.3) is 0 Å². The quantitative estimate of drug-likeness (QED) is 0.273. The first kappa shape index (κ1) is 26.4. The van der Waals surface area contributed by atoms with E-state index >= 15 is 0 Å². The first-order chi connectivity index (χ1) is 14.1. The molecule has 1 saturated heterocycles. The fourth-order valence-corrected chi connectivity index (χ4v) is 4.19. The SMILES string of the molecule is CC[C@@H](NC(=O)CCCCCCCCCCCCCCC(C)C)[C@@H]1CNCCO1. The summed E-state index contributed by atoms with van der Waals surface area (Å²) in [7, 11) is 0. The van der Waals surface area contributed by atoms with Crippen molar-refractivity contribution in [3.8, 4) is 0 Å². The molecule has 0 spiro atoms. The predicted octanol–water partition coefficient (Wildman–Crippen LogP) is 5.99. The van der Waals surface area contributed by atoms with Crippen LogP contribution in [0.3, 0.4) is 0 Å². The molecule has 29 heavy (non-hydrogen) atoms. The lowest BCUT2D eigenvalue weighted by molar-refractivity contribution is -0.123. The van der Waals surface area contributed by atoms with E-state index < -0.39 is 0 Å². The molecule has 4 heteroatoms. The molecular formula is C25H50N2O2. The zero-order valence-corrected chi connectivity index (χ0v) is 19.8. The highest BCUT2D eigenvalue weighted by Crippen LogP contribution is 2.14. The molecule has 0 saturated carbocycles. The van der Waals surface area contributed by atoms with Crippen LogP contribution in [-0.2, 0) is 9.53 Å². The van der Waals surface area contributed by atoms with Crippen LogP contribution in [-0.4, -0.2) is 37.7 Å². The van der Waals surface area contributed by atoms with E-state index in [1.807, 2.05) is 0 Å². The number of hydrogen-bond acceptors (Lipinski definition) is 3. The first-order valence-electron chi connectivity index (χ1n) is 12.7. The minimum absolute atomic E-state index is 0.123. The molecule has 0 aromatic carbocycles. The third kappa shape index (κ3) is 14.9. The van der Waals surface area contributed by atoms with E-state index in [4.69, 9.17) is 4.74 Å². The van der Waals surface area contributed by atoms with Gasteiger partial charge >= 0.3 is 0 Å². The summed E-state index contributed by atoms with van der Waals surface area (Å²) in [5, 5.41) is 6.53. The van der Waals surface area contributed by atoms with Crippen molar-refractivity contribution in [2.75, 3.05) is 19.7 Å². The molecule has 1 aliphatic heterocycles. The Morgan fingerprint density at radius 3 is 1.97 bits per heavy atom. The highest BCUT2D eigenvalue weighted by Gasteiger charge is 2.24. The highest BCUT2D eigenvalue weighted by atomic mass is 16.5. The van der Waals surface area contributed by atoms with Gasteiger partial charge in [0, 0.05) is 19.5 Å². The van der Waals surface area contributed by atoms with Crippen LogP contribution < -0.4 is 10.6 Å². The van der Waals surface area contributed by atoms with Crippen molar-refractivity contribution in [1.29, 1.82) is 0 Å². The standard InChI is InChI=1S/C25H50N2O2/c1-4-23(24-21-26-19-20-29-24)27-25(28)18-16-14-12-10-8-6-5-7-9-11-13-15-17-22(2)3/h22-24,26H,4-21H2,1-3H3,(H,27,28)/t23-,24+/m1/s1. The zero-order chi connectivity index (χ0) is 21.2. The summed E-state index contributed by atoms with van der Waals surface area (Å²) in [5.41, 5.74) is 0. The van der Waals surface area contributed by atoms with Crippen molar-refractivity contribution in [3.05, 3.63) is 0 Å². The van der Waals surface area contributed by atoms with Crippen LogP contribution in [0.1, 0.15) is 117 Å². The van der Waals surface area contributed by atoms with E-state index in [-0.39, 0.29) is 18.1 Å². The van der Waals surface area contributed by atoms with Gasteiger partial charge in [-0.3, -0.25) is 4.79 Å². The van der Waals surface area contributed by atoms with Gasteiger partial charge in [0.15, 0.2) is 0 Å². The fraction of sp³-hybridized carbons (Fsp3) is 0.960. The Labute approximate surface area is 181 Å². The molecule has 2 N–H and O–H groups in total. The van der Waals surface area contributed by atoms with E-state index in [1.54, 1.807) is 0 Å². The van der Waals surface area contributed by atoms with Crippen LogP contribution in [0.4, 0.5) is 0 Å². The molecule has 4 nitrogen and oxygen atoms in total. The second kappa shape index (κ2) is 18.2. The molecule has 1 rings (SSSR count). The number of amides is 1. The minimum atomic E-state index is 0.123. The van der Waals surface area contributed by atoms with E-state index in [1.165, 1.54) is 77.0 Å². The van der Waals surface area contributed by atoms with Crippen LogP contribution in [0.15, 0.2) is 0 Å². The Morgan fingerprint density at radius 2 is 1.48 bits per heavy atom. The lowest BCUT2D eigenvalue weighted by Gasteiger charge is -2.31. The summed E-state index contributed by atoms with van der Waals surface area (Å²) in [4.78, 5) is 12.2. The summed E-state index contributed by atoms with van der Waals surface area (Å²) in [6.45, 7) is 9.27. The van der Waals surface area contributed by atoms with Crippen molar-refractivity contribution in [1.82, 2.24) is 10.6 Å². The fourth-order valence-electron chi connectivity index (χ4n) is 4.19. The van der Waals surface area contributed by atoms with E-state index in [2.05, 4.69) is 31.4 Å². The zero-order valence-electron chi connectivity index (χ0n) is 19.8. The number of hydrogen-bond donors (Lipinski definition) is 2. The Bertz CT molecular complexity index is 381. The molecule has 1 aliphatic rings. The maximum Gasteiger partial charge on any atom is 0.220 e. The second-order valence-electron chi connectivity index (χ2n) is 9.37. The average molecular weight is 411 g/mol.